The molecule has 0 saturated carbocycles. The zero-order valence-electron chi connectivity index (χ0n) is 18.0. The molecule has 178 valence electrons. The van der Waals surface area contributed by atoms with Crippen molar-refractivity contribution in [2.45, 2.75) is 37.0 Å². The number of nitrogens with one attached hydrogen (secondary N) is 1. The van der Waals surface area contributed by atoms with Crippen LogP contribution in [0.2, 0.25) is 0 Å². The first-order valence-electron chi connectivity index (χ1n) is 10.8. The topological polar surface area (TPSA) is 76.5 Å². The molecular weight excluding hydrogens is 457 g/mol. The van der Waals surface area contributed by atoms with Crippen LogP contribution in [0.1, 0.15) is 23.2 Å². The molecule has 33 heavy (non-hydrogen) atoms. The van der Waals surface area contributed by atoms with Gasteiger partial charge in [-0.3, -0.25) is 14.3 Å². The first-order chi connectivity index (χ1) is 15.8. The Labute approximate surface area is 193 Å². The zero-order valence-corrected chi connectivity index (χ0v) is 18.8. The van der Waals surface area contributed by atoms with E-state index >= 15 is 0 Å². The maximum absolute atomic E-state index is 12.7. The van der Waals surface area contributed by atoms with Gasteiger partial charge in [-0.15, -0.1) is 0 Å². The molecule has 0 unspecified atom stereocenters. The number of alkyl halides is 3. The summed E-state index contributed by atoms with van der Waals surface area (Å²) in [6, 6.07) is 4.29. The van der Waals surface area contributed by atoms with Crippen molar-refractivity contribution < 1.29 is 22.7 Å². The first-order valence-corrected chi connectivity index (χ1v) is 11.8. The fourth-order valence-electron chi connectivity index (χ4n) is 4.08. The van der Waals surface area contributed by atoms with Gasteiger partial charge >= 0.3 is 11.9 Å². The first kappa shape index (κ1) is 23.8. The largest absolute Gasteiger partial charge is 0.416 e. The van der Waals surface area contributed by atoms with Gasteiger partial charge in [0.25, 0.3) is 0 Å². The lowest BCUT2D eigenvalue weighted by molar-refractivity contribution is -0.137. The molecule has 1 aromatic carbocycles. The Hall–Kier alpha value is -2.37. The molecule has 4 rings (SSSR count). The van der Waals surface area contributed by atoms with E-state index in [1.165, 1.54) is 23.9 Å². The summed E-state index contributed by atoms with van der Waals surface area (Å²) in [5.74, 6) is -0.359. The van der Waals surface area contributed by atoms with Gasteiger partial charge in [-0.2, -0.15) is 18.2 Å². The summed E-state index contributed by atoms with van der Waals surface area (Å²) < 4.78 is 45.1. The Bertz CT molecular complexity index is 1050. The molecule has 1 amide bonds. The Morgan fingerprint density at radius 2 is 1.85 bits per heavy atom. The molecule has 2 heterocycles. The zero-order chi connectivity index (χ0) is 23.4. The molecule has 1 saturated heterocycles. The van der Waals surface area contributed by atoms with Gasteiger partial charge in [0.15, 0.2) is 0 Å². The fourth-order valence-corrected chi connectivity index (χ4v) is 4.95. The maximum atomic E-state index is 12.7. The van der Waals surface area contributed by atoms with Crippen LogP contribution in [0, 0.1) is 0 Å². The third-order valence-electron chi connectivity index (χ3n) is 5.78. The highest BCUT2D eigenvalue weighted by Crippen LogP contribution is 2.31. The van der Waals surface area contributed by atoms with Crippen molar-refractivity contribution in [1.29, 1.82) is 0 Å². The SMILES string of the molecule is O=C(CSc1nc(=O)n(CCN2CCOCC2)c2c1CCC2)Nc1ccc(C(F)(F)F)cc1. The number of halogens is 3. The van der Waals surface area contributed by atoms with Gasteiger partial charge in [-0.05, 0) is 43.5 Å². The Balaban J connectivity index is 1.38. The fraction of sp³-hybridized carbons (Fsp3) is 0.500. The van der Waals surface area contributed by atoms with Gasteiger partial charge in [0.05, 0.1) is 24.5 Å². The molecule has 0 bridgehead atoms. The molecule has 7 nitrogen and oxygen atoms in total. The number of thioether (sulfide) groups is 1. The minimum Gasteiger partial charge on any atom is -0.379 e. The highest BCUT2D eigenvalue weighted by Gasteiger charge is 2.30. The van der Waals surface area contributed by atoms with Gasteiger partial charge in [0, 0.05) is 43.1 Å². The molecule has 0 radical (unpaired) electrons. The van der Waals surface area contributed by atoms with Crippen LogP contribution in [0.3, 0.4) is 0 Å². The summed E-state index contributed by atoms with van der Waals surface area (Å²) in [4.78, 5) is 31.6. The summed E-state index contributed by atoms with van der Waals surface area (Å²) >= 11 is 1.19. The number of rotatable bonds is 7. The van der Waals surface area contributed by atoms with E-state index in [-0.39, 0.29) is 23.0 Å². The third-order valence-corrected chi connectivity index (χ3v) is 6.80. The van der Waals surface area contributed by atoms with Crippen molar-refractivity contribution in [1.82, 2.24) is 14.5 Å². The smallest absolute Gasteiger partial charge is 0.379 e. The van der Waals surface area contributed by atoms with E-state index in [4.69, 9.17) is 4.74 Å². The van der Waals surface area contributed by atoms with E-state index in [9.17, 15) is 22.8 Å². The lowest BCUT2D eigenvalue weighted by Crippen LogP contribution is -2.40. The second-order valence-corrected chi connectivity index (χ2v) is 8.96. The predicted octanol–water partition coefficient (Wildman–Crippen LogP) is 2.81. The van der Waals surface area contributed by atoms with Crippen molar-refractivity contribution in [2.24, 2.45) is 0 Å². The third kappa shape index (κ3) is 5.96. The number of morpholine rings is 1. The normalized spacial score (nSPS) is 16.6. The van der Waals surface area contributed by atoms with Gasteiger partial charge in [-0.1, -0.05) is 11.8 Å². The minimum absolute atomic E-state index is 0.0116. The summed E-state index contributed by atoms with van der Waals surface area (Å²) in [6.07, 6.45) is -1.87. The molecule has 0 spiro atoms. The molecule has 2 aliphatic rings. The highest BCUT2D eigenvalue weighted by atomic mass is 32.2. The van der Waals surface area contributed by atoms with Crippen LogP contribution in [-0.2, 0) is 35.1 Å². The van der Waals surface area contributed by atoms with Crippen LogP contribution < -0.4 is 11.0 Å². The summed E-state index contributed by atoms with van der Waals surface area (Å²) in [7, 11) is 0. The molecule has 2 aromatic rings. The number of nitrogens with zero attached hydrogens (tertiary/aromatic N) is 3. The average Bonchev–Trinajstić information content (AvgIpc) is 3.27. The molecule has 1 aromatic heterocycles. The van der Waals surface area contributed by atoms with E-state index < -0.39 is 11.7 Å². The number of hydrogen-bond acceptors (Lipinski definition) is 6. The number of fused-ring (bicyclic) bond motifs is 1. The van der Waals surface area contributed by atoms with Crippen molar-refractivity contribution in [3.8, 4) is 0 Å². The van der Waals surface area contributed by atoms with E-state index in [1.54, 1.807) is 4.57 Å². The van der Waals surface area contributed by atoms with E-state index in [0.717, 1.165) is 62.3 Å². The van der Waals surface area contributed by atoms with Crippen LogP contribution in [-0.4, -0.2) is 59.0 Å². The molecule has 0 atom stereocenters. The number of benzene rings is 1. The van der Waals surface area contributed by atoms with E-state index in [1.807, 2.05) is 0 Å². The molecule has 11 heteroatoms. The molecule has 1 aliphatic carbocycles. The number of ether oxygens (including phenoxy) is 1. The van der Waals surface area contributed by atoms with Gasteiger partial charge in [0.1, 0.15) is 5.03 Å². The molecule has 1 N–H and O–H groups in total. The summed E-state index contributed by atoms with van der Waals surface area (Å²) in [5.41, 5.74) is 1.21. The van der Waals surface area contributed by atoms with Crippen molar-refractivity contribution in [2.75, 3.05) is 43.9 Å². The highest BCUT2D eigenvalue weighted by molar-refractivity contribution is 8.00. The van der Waals surface area contributed by atoms with Crippen LogP contribution in [0.25, 0.3) is 0 Å². The van der Waals surface area contributed by atoms with Crippen LogP contribution >= 0.6 is 11.8 Å². The van der Waals surface area contributed by atoms with Crippen molar-refractivity contribution >= 4 is 23.4 Å². The van der Waals surface area contributed by atoms with Gasteiger partial charge in [0.2, 0.25) is 5.91 Å². The maximum Gasteiger partial charge on any atom is 0.416 e. The number of carbonyl (C=O) groups excluding carboxylic acids is 1. The van der Waals surface area contributed by atoms with Crippen LogP contribution in [0.4, 0.5) is 18.9 Å². The number of aromatic nitrogens is 2. The number of carbonyl (C=O) groups is 1. The summed E-state index contributed by atoms with van der Waals surface area (Å²) in [6.45, 7) is 4.45. The Morgan fingerprint density at radius 3 is 2.55 bits per heavy atom. The molecular formula is C22H25F3N4O3S. The number of amides is 1. The lowest BCUT2D eigenvalue weighted by atomic mass is 10.2. The number of hydrogen-bond donors (Lipinski definition) is 1. The average molecular weight is 483 g/mol. The second-order valence-electron chi connectivity index (χ2n) is 8.00. The van der Waals surface area contributed by atoms with Crippen LogP contribution in [0.15, 0.2) is 34.1 Å². The Morgan fingerprint density at radius 1 is 1.12 bits per heavy atom. The van der Waals surface area contributed by atoms with Gasteiger partial charge in [-0.25, -0.2) is 4.79 Å². The van der Waals surface area contributed by atoms with Crippen molar-refractivity contribution in [3.63, 3.8) is 0 Å². The van der Waals surface area contributed by atoms with Crippen molar-refractivity contribution in [3.05, 3.63) is 51.6 Å². The quantitative estimate of drug-likeness (QED) is 0.483. The molecule has 1 fully saturated rings. The van der Waals surface area contributed by atoms with Gasteiger partial charge < -0.3 is 10.1 Å². The predicted molar refractivity (Wildman–Crippen MR) is 119 cm³/mol. The summed E-state index contributed by atoms with van der Waals surface area (Å²) in [5, 5.41) is 3.15. The second kappa shape index (κ2) is 10.3. The van der Waals surface area contributed by atoms with E-state index in [2.05, 4.69) is 15.2 Å². The Kier molecular flexibility index (Phi) is 7.40. The lowest BCUT2D eigenvalue weighted by Gasteiger charge is -2.27. The van der Waals surface area contributed by atoms with Crippen LogP contribution in [0.5, 0.6) is 0 Å². The number of anilines is 1. The minimum atomic E-state index is -4.42. The standard InChI is InChI=1S/C22H25F3N4O3S/c23-22(24,25)15-4-6-16(7-5-15)26-19(30)14-33-20-17-2-1-3-18(17)29(21(31)27-20)9-8-28-10-12-32-13-11-28/h4-7H,1-3,8-14H2,(H,26,30). The van der Waals surface area contributed by atoms with E-state index in [0.29, 0.717) is 24.8 Å². The molecule has 1 aliphatic heterocycles. The monoisotopic (exact) mass is 482 g/mol.